The summed E-state index contributed by atoms with van der Waals surface area (Å²) >= 11 is 0. The molecule has 2 heterocycles. The summed E-state index contributed by atoms with van der Waals surface area (Å²) in [6, 6.07) is 7.92. The van der Waals surface area contributed by atoms with Crippen molar-refractivity contribution >= 4 is 0 Å². The molecule has 2 aromatic rings. The number of rotatable bonds is 2. The molecule has 3 nitrogen and oxygen atoms in total. The Labute approximate surface area is 83.4 Å². The average Bonchev–Trinajstić information content (AvgIpc) is 2.61. The van der Waals surface area contributed by atoms with E-state index in [2.05, 4.69) is 30.0 Å². The average molecular weight is 187 g/mol. The summed E-state index contributed by atoms with van der Waals surface area (Å²) < 4.78 is 1.98. The Bertz CT molecular complexity index is 417. The number of aryl methyl sites for hydroxylation is 2. The molecule has 0 spiro atoms. The van der Waals surface area contributed by atoms with Crippen LogP contribution in [0.2, 0.25) is 0 Å². The van der Waals surface area contributed by atoms with Crippen LogP contribution < -0.4 is 0 Å². The van der Waals surface area contributed by atoms with Crippen LogP contribution in [0.4, 0.5) is 0 Å². The topological polar surface area (TPSA) is 30.7 Å². The van der Waals surface area contributed by atoms with Gasteiger partial charge in [-0.1, -0.05) is 6.07 Å². The number of hydrogen-bond donors (Lipinski definition) is 0. The van der Waals surface area contributed by atoms with Gasteiger partial charge < -0.3 is 0 Å². The van der Waals surface area contributed by atoms with Gasteiger partial charge in [0.05, 0.1) is 5.69 Å². The maximum atomic E-state index is 4.45. The van der Waals surface area contributed by atoms with E-state index >= 15 is 0 Å². The Morgan fingerprint density at radius 1 is 1.29 bits per heavy atom. The van der Waals surface area contributed by atoms with Crippen LogP contribution in [0.25, 0.3) is 11.4 Å². The fraction of sp³-hybridized carbons (Fsp3) is 0.273. The predicted molar refractivity (Wildman–Crippen MR) is 55.9 cm³/mol. The third-order valence-electron chi connectivity index (χ3n) is 2.21. The van der Waals surface area contributed by atoms with Crippen LogP contribution in [0.5, 0.6) is 0 Å². The summed E-state index contributed by atoms with van der Waals surface area (Å²) in [6.45, 7) is 5.05. The van der Waals surface area contributed by atoms with Gasteiger partial charge in [0.15, 0.2) is 0 Å². The third kappa shape index (κ3) is 1.53. The Morgan fingerprint density at radius 3 is 2.71 bits per heavy atom. The van der Waals surface area contributed by atoms with Gasteiger partial charge in [-0.15, -0.1) is 0 Å². The summed E-state index contributed by atoms with van der Waals surface area (Å²) in [4.78, 5) is 4.26. The predicted octanol–water partition coefficient (Wildman–Crippen LogP) is 2.27. The smallest absolute Gasteiger partial charge is 0.111 e. The molecule has 0 atom stereocenters. The largest absolute Gasteiger partial charge is 0.269 e. The van der Waals surface area contributed by atoms with E-state index in [1.807, 2.05) is 22.9 Å². The molecule has 0 bridgehead atoms. The molecule has 0 fully saturated rings. The van der Waals surface area contributed by atoms with E-state index < -0.39 is 0 Å². The Morgan fingerprint density at radius 2 is 2.14 bits per heavy atom. The molecule has 0 amide bonds. The molecule has 3 heteroatoms. The van der Waals surface area contributed by atoms with Crippen LogP contribution in [-0.4, -0.2) is 14.8 Å². The van der Waals surface area contributed by atoms with Gasteiger partial charge in [0.25, 0.3) is 0 Å². The molecule has 0 radical (unpaired) electrons. The molecule has 2 rings (SSSR count). The van der Waals surface area contributed by atoms with Crippen molar-refractivity contribution < 1.29 is 0 Å². The van der Waals surface area contributed by atoms with E-state index in [9.17, 15) is 0 Å². The monoisotopic (exact) mass is 187 g/mol. The van der Waals surface area contributed by atoms with Crippen molar-refractivity contribution in [3.05, 3.63) is 36.2 Å². The summed E-state index contributed by atoms with van der Waals surface area (Å²) in [5.74, 6) is 0. The zero-order valence-corrected chi connectivity index (χ0v) is 8.44. The molecule has 0 saturated heterocycles. The fourth-order valence-electron chi connectivity index (χ4n) is 1.47. The summed E-state index contributed by atoms with van der Waals surface area (Å²) in [5, 5.41) is 4.45. The maximum absolute atomic E-state index is 4.45. The van der Waals surface area contributed by atoms with Gasteiger partial charge in [0.2, 0.25) is 0 Å². The number of hydrogen-bond acceptors (Lipinski definition) is 2. The molecular formula is C11H13N3. The normalized spacial score (nSPS) is 10.4. The minimum atomic E-state index is 0.901. The maximum Gasteiger partial charge on any atom is 0.111 e. The van der Waals surface area contributed by atoms with E-state index in [0.717, 1.165) is 17.9 Å². The fourth-order valence-corrected chi connectivity index (χ4v) is 1.47. The lowest BCUT2D eigenvalue weighted by Gasteiger charge is -1.96. The molecule has 0 aliphatic heterocycles. The third-order valence-corrected chi connectivity index (χ3v) is 2.21. The second kappa shape index (κ2) is 3.62. The van der Waals surface area contributed by atoms with Gasteiger partial charge in [0.1, 0.15) is 5.69 Å². The molecule has 0 aliphatic carbocycles. The number of nitrogens with zero attached hydrogens (tertiary/aromatic N) is 3. The summed E-state index contributed by atoms with van der Waals surface area (Å²) in [5.41, 5.74) is 3.06. The second-order valence-electron chi connectivity index (χ2n) is 3.20. The van der Waals surface area contributed by atoms with Crippen molar-refractivity contribution in [2.24, 2.45) is 0 Å². The van der Waals surface area contributed by atoms with Gasteiger partial charge >= 0.3 is 0 Å². The minimum Gasteiger partial charge on any atom is -0.269 e. The van der Waals surface area contributed by atoms with E-state index in [0.29, 0.717) is 0 Å². The van der Waals surface area contributed by atoms with Crippen LogP contribution in [0.1, 0.15) is 12.6 Å². The second-order valence-corrected chi connectivity index (χ2v) is 3.20. The first-order chi connectivity index (χ1) is 6.81. The van der Waals surface area contributed by atoms with Crippen molar-refractivity contribution in [3.8, 4) is 11.4 Å². The van der Waals surface area contributed by atoms with Crippen molar-refractivity contribution in [3.63, 3.8) is 0 Å². The van der Waals surface area contributed by atoms with Gasteiger partial charge in [0, 0.05) is 18.4 Å². The van der Waals surface area contributed by atoms with Crippen LogP contribution in [0.15, 0.2) is 30.5 Å². The first-order valence-electron chi connectivity index (χ1n) is 4.77. The van der Waals surface area contributed by atoms with Crippen LogP contribution >= 0.6 is 0 Å². The first kappa shape index (κ1) is 8.94. The van der Waals surface area contributed by atoms with Gasteiger partial charge in [-0.05, 0) is 32.0 Å². The lowest BCUT2D eigenvalue weighted by Crippen LogP contribution is -1.98. The zero-order chi connectivity index (χ0) is 9.97. The molecule has 14 heavy (non-hydrogen) atoms. The quantitative estimate of drug-likeness (QED) is 0.722. The Hall–Kier alpha value is -1.64. The Kier molecular flexibility index (Phi) is 2.31. The Balaban J connectivity index is 2.43. The molecule has 0 N–H and O–H groups in total. The first-order valence-corrected chi connectivity index (χ1v) is 4.77. The minimum absolute atomic E-state index is 0.901. The summed E-state index contributed by atoms with van der Waals surface area (Å²) in [6.07, 6.45) is 1.79. The van der Waals surface area contributed by atoms with Crippen LogP contribution in [0.3, 0.4) is 0 Å². The molecule has 0 aliphatic rings. The molecule has 2 aromatic heterocycles. The van der Waals surface area contributed by atoms with Crippen molar-refractivity contribution in [2.45, 2.75) is 20.4 Å². The molecule has 0 aromatic carbocycles. The van der Waals surface area contributed by atoms with Crippen molar-refractivity contribution in [1.82, 2.24) is 14.8 Å². The lowest BCUT2D eigenvalue weighted by molar-refractivity contribution is 0.641. The number of aromatic nitrogens is 3. The van der Waals surface area contributed by atoms with Crippen LogP contribution in [0, 0.1) is 6.92 Å². The van der Waals surface area contributed by atoms with E-state index in [-0.39, 0.29) is 0 Å². The van der Waals surface area contributed by atoms with Crippen molar-refractivity contribution in [2.75, 3.05) is 0 Å². The molecule has 0 unspecified atom stereocenters. The highest BCUT2D eigenvalue weighted by atomic mass is 15.3. The van der Waals surface area contributed by atoms with Crippen molar-refractivity contribution in [1.29, 1.82) is 0 Å². The highest BCUT2D eigenvalue weighted by Crippen LogP contribution is 2.15. The van der Waals surface area contributed by atoms with Gasteiger partial charge in [-0.25, -0.2) is 0 Å². The highest BCUT2D eigenvalue weighted by molar-refractivity contribution is 5.53. The SMILES string of the molecule is CCn1nc(-c2ccccn2)cc1C. The van der Waals surface area contributed by atoms with Gasteiger partial charge in [-0.3, -0.25) is 9.67 Å². The van der Waals surface area contributed by atoms with E-state index in [4.69, 9.17) is 0 Å². The standard InChI is InChI=1S/C11H13N3/c1-3-14-9(2)8-11(13-14)10-6-4-5-7-12-10/h4-8H,3H2,1-2H3. The summed E-state index contributed by atoms with van der Waals surface area (Å²) in [7, 11) is 0. The van der Waals surface area contributed by atoms with Gasteiger partial charge in [-0.2, -0.15) is 5.10 Å². The molecular weight excluding hydrogens is 174 g/mol. The highest BCUT2D eigenvalue weighted by Gasteiger charge is 2.05. The van der Waals surface area contributed by atoms with E-state index in [1.54, 1.807) is 6.20 Å². The molecule has 72 valence electrons. The van der Waals surface area contributed by atoms with E-state index in [1.165, 1.54) is 5.69 Å². The molecule has 0 saturated carbocycles. The zero-order valence-electron chi connectivity index (χ0n) is 8.44. The number of pyridine rings is 1. The van der Waals surface area contributed by atoms with Crippen LogP contribution in [-0.2, 0) is 6.54 Å². The lowest BCUT2D eigenvalue weighted by atomic mass is 10.2.